The van der Waals surface area contributed by atoms with Crippen molar-refractivity contribution in [3.63, 3.8) is 0 Å². The van der Waals surface area contributed by atoms with E-state index in [1.165, 1.54) is 6.20 Å². The van der Waals surface area contributed by atoms with Crippen molar-refractivity contribution in [3.05, 3.63) is 42.0 Å². The molecule has 0 fully saturated rings. The van der Waals surface area contributed by atoms with E-state index in [1.807, 2.05) is 11.5 Å². The van der Waals surface area contributed by atoms with Crippen molar-refractivity contribution >= 4 is 5.91 Å². The third-order valence-electron chi connectivity index (χ3n) is 2.81. The quantitative estimate of drug-likeness (QED) is 0.903. The van der Waals surface area contributed by atoms with Crippen LogP contribution < -0.4 is 5.32 Å². The van der Waals surface area contributed by atoms with Crippen molar-refractivity contribution in [1.82, 2.24) is 25.1 Å². The number of hydrogen-bond donors (Lipinski definition) is 1. The number of carbonyl (C=O) groups is 1. The lowest BCUT2D eigenvalue weighted by atomic mass is 10.2. The monoisotopic (exact) mass is 277 g/mol. The van der Waals surface area contributed by atoms with Crippen LogP contribution >= 0.6 is 0 Å². The molecule has 2 rings (SSSR count). The molecule has 6 nitrogen and oxygen atoms in total. The highest BCUT2D eigenvalue weighted by Crippen LogP contribution is 2.11. The number of rotatable bonds is 5. The topological polar surface area (TPSA) is 72.7 Å². The number of amides is 1. The van der Waals surface area contributed by atoms with Gasteiger partial charge in [0.25, 0.3) is 5.91 Å². The van der Waals surface area contributed by atoms with E-state index in [-0.39, 0.29) is 11.6 Å². The maximum atomic E-state index is 13.0. The number of pyridine rings is 1. The van der Waals surface area contributed by atoms with Gasteiger partial charge in [0.15, 0.2) is 5.82 Å². The summed E-state index contributed by atoms with van der Waals surface area (Å²) in [5.74, 6) is -0.264. The van der Waals surface area contributed by atoms with Gasteiger partial charge in [0.2, 0.25) is 0 Å². The van der Waals surface area contributed by atoms with E-state index in [0.29, 0.717) is 5.82 Å². The first-order valence-corrected chi connectivity index (χ1v) is 6.41. The maximum Gasteiger partial charge on any atom is 0.253 e. The standard InChI is InChI=1S/C13H16FN5O/c1-3-4-19-8-16-18-12(19)9(2)17-13(20)10-5-11(14)7-15-6-10/h5-9H,3-4H2,1-2H3,(H,17,20). The fourth-order valence-corrected chi connectivity index (χ4v) is 1.89. The molecular weight excluding hydrogens is 261 g/mol. The van der Waals surface area contributed by atoms with Gasteiger partial charge in [-0.3, -0.25) is 9.78 Å². The number of carbonyl (C=O) groups excluding carboxylic acids is 1. The predicted octanol–water partition coefficient (Wildman–Crippen LogP) is 1.71. The zero-order valence-corrected chi connectivity index (χ0v) is 11.4. The minimum atomic E-state index is -0.542. The van der Waals surface area contributed by atoms with Crippen LogP contribution in [0, 0.1) is 5.82 Å². The first-order valence-electron chi connectivity index (χ1n) is 6.41. The molecule has 2 aromatic heterocycles. The minimum Gasteiger partial charge on any atom is -0.342 e. The lowest BCUT2D eigenvalue weighted by molar-refractivity contribution is 0.0936. The van der Waals surface area contributed by atoms with Crippen molar-refractivity contribution in [3.8, 4) is 0 Å². The van der Waals surface area contributed by atoms with E-state index in [2.05, 4.69) is 20.5 Å². The van der Waals surface area contributed by atoms with Crippen LogP contribution in [0.1, 0.15) is 42.5 Å². The predicted molar refractivity (Wildman–Crippen MR) is 70.4 cm³/mol. The third kappa shape index (κ3) is 3.17. The van der Waals surface area contributed by atoms with Gasteiger partial charge in [-0.05, 0) is 19.4 Å². The second kappa shape index (κ2) is 6.23. The van der Waals surface area contributed by atoms with Crippen LogP contribution in [0.4, 0.5) is 4.39 Å². The van der Waals surface area contributed by atoms with Crippen molar-refractivity contribution in [2.24, 2.45) is 0 Å². The molecule has 7 heteroatoms. The largest absolute Gasteiger partial charge is 0.342 e. The lowest BCUT2D eigenvalue weighted by Gasteiger charge is -2.14. The van der Waals surface area contributed by atoms with Gasteiger partial charge in [-0.1, -0.05) is 6.92 Å². The van der Waals surface area contributed by atoms with E-state index in [1.54, 1.807) is 13.3 Å². The Balaban J connectivity index is 2.09. The van der Waals surface area contributed by atoms with Crippen molar-refractivity contribution in [2.75, 3.05) is 0 Å². The number of halogens is 1. The molecule has 0 bridgehead atoms. The lowest BCUT2D eigenvalue weighted by Crippen LogP contribution is -2.29. The Bertz CT molecular complexity index is 598. The number of nitrogens with one attached hydrogen (secondary N) is 1. The summed E-state index contributed by atoms with van der Waals surface area (Å²) in [6, 6.07) is 0.825. The van der Waals surface area contributed by atoms with Gasteiger partial charge in [0.1, 0.15) is 12.1 Å². The van der Waals surface area contributed by atoms with E-state index >= 15 is 0 Å². The van der Waals surface area contributed by atoms with Gasteiger partial charge in [0.05, 0.1) is 17.8 Å². The smallest absolute Gasteiger partial charge is 0.253 e. The normalized spacial score (nSPS) is 12.2. The molecule has 20 heavy (non-hydrogen) atoms. The van der Waals surface area contributed by atoms with Crippen molar-refractivity contribution in [1.29, 1.82) is 0 Å². The highest BCUT2D eigenvalue weighted by molar-refractivity contribution is 5.94. The zero-order valence-electron chi connectivity index (χ0n) is 11.4. The van der Waals surface area contributed by atoms with Crippen LogP contribution in [0.5, 0.6) is 0 Å². The average molecular weight is 277 g/mol. The fourth-order valence-electron chi connectivity index (χ4n) is 1.89. The Labute approximate surface area is 116 Å². The summed E-state index contributed by atoms with van der Waals surface area (Å²) < 4.78 is 14.9. The van der Waals surface area contributed by atoms with Gasteiger partial charge in [-0.15, -0.1) is 10.2 Å². The van der Waals surface area contributed by atoms with Crippen LogP contribution in [-0.4, -0.2) is 25.7 Å². The summed E-state index contributed by atoms with van der Waals surface area (Å²) >= 11 is 0. The molecule has 0 aliphatic heterocycles. The van der Waals surface area contributed by atoms with Crippen LogP contribution in [-0.2, 0) is 6.54 Å². The molecule has 0 aromatic carbocycles. The highest BCUT2D eigenvalue weighted by atomic mass is 19.1. The summed E-state index contributed by atoms with van der Waals surface area (Å²) in [5, 5.41) is 10.6. The molecule has 1 unspecified atom stereocenters. The Morgan fingerprint density at radius 3 is 3.00 bits per heavy atom. The Hall–Kier alpha value is -2.31. The molecule has 0 aliphatic carbocycles. The molecule has 0 radical (unpaired) electrons. The van der Waals surface area contributed by atoms with Crippen LogP contribution in [0.2, 0.25) is 0 Å². The van der Waals surface area contributed by atoms with E-state index in [0.717, 1.165) is 25.2 Å². The maximum absolute atomic E-state index is 13.0. The molecule has 1 amide bonds. The van der Waals surface area contributed by atoms with Crippen LogP contribution in [0.25, 0.3) is 0 Å². The molecule has 106 valence electrons. The van der Waals surface area contributed by atoms with Gasteiger partial charge in [-0.25, -0.2) is 4.39 Å². The molecule has 0 aliphatic rings. The number of hydrogen-bond acceptors (Lipinski definition) is 4. The Morgan fingerprint density at radius 1 is 1.50 bits per heavy atom. The number of aryl methyl sites for hydroxylation is 1. The molecule has 1 atom stereocenters. The molecule has 1 N–H and O–H groups in total. The average Bonchev–Trinajstić information content (AvgIpc) is 2.87. The van der Waals surface area contributed by atoms with Gasteiger partial charge >= 0.3 is 0 Å². The molecule has 2 aromatic rings. The van der Waals surface area contributed by atoms with Gasteiger partial charge < -0.3 is 9.88 Å². The summed E-state index contributed by atoms with van der Waals surface area (Å²) in [6.45, 7) is 4.64. The summed E-state index contributed by atoms with van der Waals surface area (Å²) in [5.41, 5.74) is 0.179. The fraction of sp³-hybridized carbons (Fsp3) is 0.385. The zero-order chi connectivity index (χ0) is 14.5. The molecule has 0 saturated heterocycles. The second-order valence-corrected chi connectivity index (χ2v) is 4.47. The summed E-state index contributed by atoms with van der Waals surface area (Å²) in [4.78, 5) is 15.6. The van der Waals surface area contributed by atoms with Gasteiger partial charge in [0, 0.05) is 12.7 Å². The molecule has 0 saturated carbocycles. The first-order chi connectivity index (χ1) is 9.61. The Kier molecular flexibility index (Phi) is 4.39. The van der Waals surface area contributed by atoms with Crippen LogP contribution in [0.3, 0.4) is 0 Å². The third-order valence-corrected chi connectivity index (χ3v) is 2.81. The van der Waals surface area contributed by atoms with Gasteiger partial charge in [-0.2, -0.15) is 0 Å². The number of nitrogens with zero attached hydrogens (tertiary/aromatic N) is 4. The minimum absolute atomic E-state index is 0.179. The SMILES string of the molecule is CCCn1cnnc1C(C)NC(=O)c1cncc(F)c1. The molecule has 0 spiro atoms. The summed E-state index contributed by atoms with van der Waals surface area (Å²) in [7, 11) is 0. The Morgan fingerprint density at radius 2 is 2.30 bits per heavy atom. The first kappa shape index (κ1) is 14.1. The molecular formula is C13H16FN5O. The number of aromatic nitrogens is 4. The van der Waals surface area contributed by atoms with Crippen molar-refractivity contribution in [2.45, 2.75) is 32.9 Å². The van der Waals surface area contributed by atoms with E-state index < -0.39 is 11.7 Å². The van der Waals surface area contributed by atoms with Crippen molar-refractivity contribution < 1.29 is 9.18 Å². The summed E-state index contributed by atoms with van der Waals surface area (Å²) in [6.07, 6.45) is 4.95. The highest BCUT2D eigenvalue weighted by Gasteiger charge is 2.16. The van der Waals surface area contributed by atoms with E-state index in [9.17, 15) is 9.18 Å². The second-order valence-electron chi connectivity index (χ2n) is 4.47. The molecule has 2 heterocycles. The van der Waals surface area contributed by atoms with Crippen LogP contribution in [0.15, 0.2) is 24.8 Å². The van der Waals surface area contributed by atoms with E-state index in [4.69, 9.17) is 0 Å².